The van der Waals surface area contributed by atoms with Gasteiger partial charge in [-0.25, -0.2) is 17.2 Å². The molecular formula is C19H18F3NO4S. The van der Waals surface area contributed by atoms with Crippen LogP contribution in [0.1, 0.15) is 27.6 Å². The van der Waals surface area contributed by atoms with Gasteiger partial charge in [-0.2, -0.15) is 4.39 Å². The second-order valence-electron chi connectivity index (χ2n) is 6.41. The van der Waals surface area contributed by atoms with Crippen LogP contribution in [0, 0.1) is 17.5 Å². The number of carbonyl (C=O) groups excluding carboxylic acids is 1. The molecule has 0 aromatic heterocycles. The highest BCUT2D eigenvalue weighted by atomic mass is 32.2. The van der Waals surface area contributed by atoms with Gasteiger partial charge in [-0.3, -0.25) is 4.79 Å². The van der Waals surface area contributed by atoms with E-state index in [1.165, 1.54) is 0 Å². The molecule has 0 radical (unpaired) electrons. The molecule has 0 aliphatic carbocycles. The smallest absolute Gasteiger partial charge is 0.257 e. The Balaban J connectivity index is 1.90. The number of halogens is 3. The summed E-state index contributed by atoms with van der Waals surface area (Å²) in [5, 5.41) is -0.796. The molecule has 1 atom stereocenters. The Morgan fingerprint density at radius 2 is 1.79 bits per heavy atom. The van der Waals surface area contributed by atoms with Crippen LogP contribution < -0.4 is 4.74 Å². The van der Waals surface area contributed by atoms with E-state index in [-0.39, 0.29) is 25.3 Å². The number of sulfone groups is 1. The van der Waals surface area contributed by atoms with Crippen LogP contribution >= 0.6 is 0 Å². The second-order valence-corrected chi connectivity index (χ2v) is 8.72. The molecule has 150 valence electrons. The zero-order valence-corrected chi connectivity index (χ0v) is 15.8. The maximum Gasteiger partial charge on any atom is 0.257 e. The minimum absolute atomic E-state index is 0.0262. The summed E-state index contributed by atoms with van der Waals surface area (Å²) in [7, 11) is -2.59. The molecule has 0 saturated carbocycles. The van der Waals surface area contributed by atoms with E-state index in [9.17, 15) is 26.4 Å². The number of rotatable bonds is 3. The Morgan fingerprint density at radius 3 is 2.43 bits per heavy atom. The van der Waals surface area contributed by atoms with Gasteiger partial charge in [0, 0.05) is 13.1 Å². The van der Waals surface area contributed by atoms with Crippen molar-refractivity contribution in [1.82, 2.24) is 4.90 Å². The molecule has 1 unspecified atom stereocenters. The first-order valence-corrected chi connectivity index (χ1v) is 10.2. The van der Waals surface area contributed by atoms with Gasteiger partial charge in [0.2, 0.25) is 5.82 Å². The predicted octanol–water partition coefficient (Wildman–Crippen LogP) is 3.11. The summed E-state index contributed by atoms with van der Waals surface area (Å²) in [6.07, 6.45) is 0.112. The molecule has 1 saturated heterocycles. The summed E-state index contributed by atoms with van der Waals surface area (Å²) in [6.45, 7) is -0.149. The van der Waals surface area contributed by atoms with Gasteiger partial charge >= 0.3 is 0 Å². The van der Waals surface area contributed by atoms with Crippen molar-refractivity contribution >= 4 is 15.7 Å². The van der Waals surface area contributed by atoms with E-state index in [0.29, 0.717) is 11.6 Å². The van der Waals surface area contributed by atoms with Crippen LogP contribution in [0.25, 0.3) is 0 Å². The topological polar surface area (TPSA) is 63.7 Å². The molecule has 5 nitrogen and oxygen atoms in total. The fraction of sp³-hybridized carbons (Fsp3) is 0.316. The van der Waals surface area contributed by atoms with Crippen molar-refractivity contribution in [3.63, 3.8) is 0 Å². The summed E-state index contributed by atoms with van der Waals surface area (Å²) in [5.74, 6) is -6.50. The molecule has 1 aliphatic rings. The van der Waals surface area contributed by atoms with E-state index in [1.54, 1.807) is 30.3 Å². The lowest BCUT2D eigenvalue weighted by Gasteiger charge is -2.21. The van der Waals surface area contributed by atoms with Crippen molar-refractivity contribution in [2.24, 2.45) is 0 Å². The van der Waals surface area contributed by atoms with Gasteiger partial charge in [-0.15, -0.1) is 0 Å². The molecule has 1 amide bonds. The number of carbonyl (C=O) groups is 1. The number of benzene rings is 2. The summed E-state index contributed by atoms with van der Waals surface area (Å²) in [4.78, 5) is 13.8. The van der Waals surface area contributed by atoms with Gasteiger partial charge in [0.1, 0.15) is 0 Å². The number of ether oxygens (including phenoxy) is 1. The first kappa shape index (κ1) is 20.2. The van der Waals surface area contributed by atoms with Crippen molar-refractivity contribution in [2.75, 3.05) is 26.0 Å². The molecule has 0 bridgehead atoms. The molecule has 0 spiro atoms. The number of hydrogen-bond acceptors (Lipinski definition) is 4. The van der Waals surface area contributed by atoms with Crippen molar-refractivity contribution < 1.29 is 31.1 Å². The van der Waals surface area contributed by atoms with Crippen LogP contribution in [0.2, 0.25) is 0 Å². The molecule has 2 aromatic carbocycles. The number of methoxy groups -OCH3 is 1. The summed E-state index contributed by atoms with van der Waals surface area (Å²) in [5.41, 5.74) is -0.0937. The third-order valence-electron chi connectivity index (χ3n) is 4.75. The van der Waals surface area contributed by atoms with E-state index in [2.05, 4.69) is 4.74 Å². The maximum atomic E-state index is 14.4. The highest BCUT2D eigenvalue weighted by molar-refractivity contribution is 7.91. The Labute approximate surface area is 160 Å². The number of nitrogens with zero attached hydrogens (tertiary/aromatic N) is 1. The van der Waals surface area contributed by atoms with Crippen LogP contribution in [-0.4, -0.2) is 45.2 Å². The quantitative estimate of drug-likeness (QED) is 0.726. The third-order valence-corrected chi connectivity index (χ3v) is 6.88. The Bertz CT molecular complexity index is 996. The average Bonchev–Trinajstić information content (AvgIpc) is 2.83. The van der Waals surface area contributed by atoms with Gasteiger partial charge in [-0.05, 0) is 18.1 Å². The summed E-state index contributed by atoms with van der Waals surface area (Å²) < 4.78 is 71.5. The predicted molar refractivity (Wildman–Crippen MR) is 96.4 cm³/mol. The van der Waals surface area contributed by atoms with Crippen LogP contribution in [-0.2, 0) is 9.84 Å². The van der Waals surface area contributed by atoms with Gasteiger partial charge in [-0.1, -0.05) is 30.3 Å². The fourth-order valence-electron chi connectivity index (χ4n) is 3.27. The lowest BCUT2D eigenvalue weighted by Crippen LogP contribution is -2.34. The van der Waals surface area contributed by atoms with Crippen LogP contribution in [0.4, 0.5) is 13.2 Å². The zero-order valence-electron chi connectivity index (χ0n) is 15.0. The minimum atomic E-state index is -3.55. The van der Waals surface area contributed by atoms with E-state index < -0.39 is 49.8 Å². The molecule has 3 rings (SSSR count). The highest BCUT2D eigenvalue weighted by Gasteiger charge is 2.34. The Kier molecular flexibility index (Phi) is 5.64. The molecule has 0 N–H and O–H groups in total. The second kappa shape index (κ2) is 7.83. The standard InChI is InChI=1S/C19H18F3NO4S/c1-27-18-16(21)13(11-14(20)17(18)22)19(24)23-8-7-15(28(25,26)10-9-23)12-5-3-2-4-6-12/h2-6,11,15H,7-10H2,1H3. The van der Waals surface area contributed by atoms with Gasteiger partial charge in [0.25, 0.3) is 5.91 Å². The average molecular weight is 413 g/mol. The van der Waals surface area contributed by atoms with Gasteiger partial charge in [0.15, 0.2) is 27.2 Å². The first-order chi connectivity index (χ1) is 13.3. The summed E-state index contributed by atoms with van der Waals surface area (Å²) in [6, 6.07) is 9.06. The number of hydrogen-bond donors (Lipinski definition) is 0. The van der Waals surface area contributed by atoms with E-state index in [4.69, 9.17) is 0 Å². The van der Waals surface area contributed by atoms with Gasteiger partial charge < -0.3 is 9.64 Å². The normalized spacial score (nSPS) is 19.1. The van der Waals surface area contributed by atoms with Crippen molar-refractivity contribution in [3.05, 3.63) is 65.0 Å². The van der Waals surface area contributed by atoms with Crippen molar-refractivity contribution in [3.8, 4) is 5.75 Å². The van der Waals surface area contributed by atoms with E-state index >= 15 is 0 Å². The molecule has 1 fully saturated rings. The van der Waals surface area contributed by atoms with Gasteiger partial charge in [0.05, 0.1) is 23.7 Å². The first-order valence-electron chi connectivity index (χ1n) is 8.53. The third kappa shape index (κ3) is 3.71. The van der Waals surface area contributed by atoms with Crippen LogP contribution in [0.5, 0.6) is 5.75 Å². The van der Waals surface area contributed by atoms with Crippen LogP contribution in [0.15, 0.2) is 36.4 Å². The largest absolute Gasteiger partial charge is 0.491 e. The molecule has 28 heavy (non-hydrogen) atoms. The van der Waals surface area contributed by atoms with Crippen LogP contribution in [0.3, 0.4) is 0 Å². The molecular weight excluding hydrogens is 395 g/mol. The summed E-state index contributed by atoms with van der Waals surface area (Å²) >= 11 is 0. The molecule has 1 aliphatic heterocycles. The maximum absolute atomic E-state index is 14.4. The van der Waals surface area contributed by atoms with E-state index in [1.807, 2.05) is 0 Å². The number of amides is 1. The van der Waals surface area contributed by atoms with Crippen molar-refractivity contribution in [2.45, 2.75) is 11.7 Å². The Hall–Kier alpha value is -2.55. The van der Waals surface area contributed by atoms with Crippen molar-refractivity contribution in [1.29, 1.82) is 0 Å². The SMILES string of the molecule is COc1c(F)c(F)cc(C(=O)N2CCC(c3ccccc3)S(=O)(=O)CC2)c1F. The Morgan fingerprint density at radius 1 is 1.11 bits per heavy atom. The zero-order chi connectivity index (χ0) is 20.5. The monoisotopic (exact) mass is 413 g/mol. The molecule has 9 heteroatoms. The lowest BCUT2D eigenvalue weighted by atomic mass is 10.1. The molecule has 2 aromatic rings. The fourth-order valence-corrected chi connectivity index (χ4v) is 5.07. The minimum Gasteiger partial charge on any atom is -0.491 e. The highest BCUT2D eigenvalue weighted by Crippen LogP contribution is 2.31. The molecule has 1 heterocycles. The van der Waals surface area contributed by atoms with E-state index in [0.717, 1.165) is 12.0 Å². The lowest BCUT2D eigenvalue weighted by molar-refractivity contribution is 0.0760.